The smallest absolute Gasteiger partial charge is 0.207 e. The summed E-state index contributed by atoms with van der Waals surface area (Å²) in [5, 5.41) is 11.2. The molecule has 1 heterocycles. The zero-order chi connectivity index (χ0) is 28.4. The molecule has 212 valence electrons. The molecule has 1 atom stereocenters. The predicted octanol–water partition coefficient (Wildman–Crippen LogP) is 5.38. The summed E-state index contributed by atoms with van der Waals surface area (Å²) in [6.07, 6.45) is 0.106. The van der Waals surface area contributed by atoms with Crippen molar-refractivity contribution in [1.29, 1.82) is 0 Å². The quantitative estimate of drug-likeness (QED) is 0.294. The van der Waals surface area contributed by atoms with Gasteiger partial charge in [0.2, 0.25) is 5.79 Å². The lowest BCUT2D eigenvalue weighted by Crippen LogP contribution is -2.42. The van der Waals surface area contributed by atoms with Gasteiger partial charge < -0.3 is 33.5 Å². The van der Waals surface area contributed by atoms with Crippen molar-refractivity contribution in [1.82, 2.24) is 0 Å². The van der Waals surface area contributed by atoms with Crippen LogP contribution in [0.1, 0.15) is 39.4 Å². The van der Waals surface area contributed by atoms with Gasteiger partial charge in [0.05, 0.1) is 50.9 Å². The second-order valence-electron chi connectivity index (χ2n) is 9.95. The minimum atomic E-state index is -1.31. The molecule has 1 aliphatic heterocycles. The summed E-state index contributed by atoms with van der Waals surface area (Å²) >= 11 is 0. The average molecular weight is 557 g/mol. The molecule has 8 heteroatoms. The van der Waals surface area contributed by atoms with Gasteiger partial charge in [-0.1, -0.05) is 54.6 Å². The predicted molar refractivity (Wildman–Crippen MR) is 152 cm³/mol. The highest BCUT2D eigenvalue weighted by Gasteiger charge is 2.55. The average Bonchev–Trinajstić information content (AvgIpc) is 3.50. The third-order valence-corrected chi connectivity index (χ3v) is 7.70. The van der Waals surface area contributed by atoms with E-state index < -0.39 is 11.7 Å². The van der Waals surface area contributed by atoms with E-state index in [1.54, 1.807) is 20.3 Å². The Morgan fingerprint density at radius 1 is 0.878 bits per heavy atom. The molecule has 1 aliphatic carbocycles. The van der Waals surface area contributed by atoms with E-state index in [-0.39, 0.29) is 25.4 Å². The van der Waals surface area contributed by atoms with Crippen LogP contribution in [0.5, 0.6) is 23.0 Å². The zero-order valence-corrected chi connectivity index (χ0v) is 23.1. The molecule has 4 aromatic rings. The van der Waals surface area contributed by atoms with Gasteiger partial charge in [-0.15, -0.1) is 0 Å². The summed E-state index contributed by atoms with van der Waals surface area (Å²) in [4.78, 5) is 13.8. The second kappa shape index (κ2) is 11.4. The lowest BCUT2D eigenvalue weighted by atomic mass is 9.73. The summed E-state index contributed by atoms with van der Waals surface area (Å²) in [5.74, 6) is 0.186. The van der Waals surface area contributed by atoms with Crippen molar-refractivity contribution >= 4 is 16.6 Å². The van der Waals surface area contributed by atoms with Crippen LogP contribution in [0.2, 0.25) is 0 Å². The number of aliphatic hydroxyl groups excluding tert-OH is 1. The molecule has 0 amide bonds. The summed E-state index contributed by atoms with van der Waals surface area (Å²) in [7, 11) is 3.19. The number of hydrogen-bond acceptors (Lipinski definition) is 8. The molecule has 0 bridgehead atoms. The first kappa shape index (κ1) is 27.1. The van der Waals surface area contributed by atoms with Crippen LogP contribution in [0.15, 0.2) is 72.8 Å². The third kappa shape index (κ3) is 4.68. The number of hydrogen-bond donors (Lipinski definition) is 1. The molecule has 1 N–H and O–H groups in total. The van der Waals surface area contributed by atoms with Crippen LogP contribution in [0, 0.1) is 0 Å². The van der Waals surface area contributed by atoms with E-state index >= 15 is 0 Å². The van der Waals surface area contributed by atoms with Gasteiger partial charge in [-0.3, -0.25) is 4.79 Å². The van der Waals surface area contributed by atoms with Crippen LogP contribution in [0.4, 0.5) is 0 Å². The number of rotatable bonds is 9. The van der Waals surface area contributed by atoms with Crippen LogP contribution in [-0.2, 0) is 21.9 Å². The van der Waals surface area contributed by atoms with Gasteiger partial charge in [-0.2, -0.15) is 0 Å². The molecular weight excluding hydrogens is 524 g/mol. The van der Waals surface area contributed by atoms with Crippen molar-refractivity contribution in [3.05, 3.63) is 95.1 Å². The largest absolute Gasteiger partial charge is 0.496 e. The molecule has 1 saturated heterocycles. The van der Waals surface area contributed by atoms with Crippen molar-refractivity contribution in [2.75, 3.05) is 40.6 Å². The third-order valence-electron chi connectivity index (χ3n) is 7.70. The van der Waals surface area contributed by atoms with Crippen molar-refractivity contribution in [2.45, 2.75) is 24.7 Å². The molecule has 1 spiro atoms. The Bertz CT molecular complexity index is 1560. The maximum absolute atomic E-state index is 13.8. The van der Waals surface area contributed by atoms with E-state index in [1.807, 2.05) is 66.7 Å². The number of fused-ring (bicyclic) bond motifs is 3. The maximum atomic E-state index is 13.8. The standard InChI is InChI=1S/C33H32O8/c1-36-27-12-7-11-23-29(37-2)18-24(32(30(23)27)38-15-14-34)25-19-26(35)22-10-6-13-28(31(22)33(25)40-16-17-41-33)39-20-21-8-4-3-5-9-21/h3-13,18,25,34H,14-17,19-20H2,1-2H3. The van der Waals surface area contributed by atoms with E-state index in [0.29, 0.717) is 64.9 Å². The number of methoxy groups -OCH3 is 2. The first-order valence-corrected chi connectivity index (χ1v) is 13.6. The minimum Gasteiger partial charge on any atom is -0.496 e. The Hall–Kier alpha value is -4.11. The minimum absolute atomic E-state index is 0.0455. The molecule has 0 aromatic heterocycles. The number of benzene rings is 4. The van der Waals surface area contributed by atoms with Crippen LogP contribution in [-0.4, -0.2) is 51.5 Å². The van der Waals surface area contributed by atoms with Crippen LogP contribution < -0.4 is 18.9 Å². The number of ether oxygens (including phenoxy) is 6. The fraction of sp³-hybridized carbons (Fsp3) is 0.303. The van der Waals surface area contributed by atoms with Gasteiger partial charge in [0.1, 0.15) is 36.2 Å². The number of ketones is 1. The molecule has 1 unspecified atom stereocenters. The molecule has 2 aliphatic rings. The molecule has 1 fully saturated rings. The SMILES string of the molecule is COc1cc(C2CC(=O)c3cccc(OCc4ccccc4)c3C23OCCO3)c(OCCO)c2c(OC)cccc12. The van der Waals surface area contributed by atoms with E-state index in [4.69, 9.17) is 28.4 Å². The van der Waals surface area contributed by atoms with Crippen molar-refractivity contribution in [2.24, 2.45) is 0 Å². The van der Waals surface area contributed by atoms with Crippen LogP contribution in [0.25, 0.3) is 10.8 Å². The summed E-state index contributed by atoms with van der Waals surface area (Å²) in [6, 6.07) is 22.8. The second-order valence-corrected chi connectivity index (χ2v) is 9.95. The fourth-order valence-electron chi connectivity index (χ4n) is 5.97. The van der Waals surface area contributed by atoms with Crippen molar-refractivity contribution in [3.8, 4) is 23.0 Å². The molecule has 0 saturated carbocycles. The lowest BCUT2D eigenvalue weighted by molar-refractivity contribution is -0.187. The van der Waals surface area contributed by atoms with E-state index in [1.165, 1.54) is 0 Å². The number of aliphatic hydroxyl groups is 1. The van der Waals surface area contributed by atoms with Gasteiger partial charge in [0.25, 0.3) is 0 Å². The van der Waals surface area contributed by atoms with Crippen molar-refractivity contribution in [3.63, 3.8) is 0 Å². The zero-order valence-electron chi connectivity index (χ0n) is 23.1. The Kier molecular flexibility index (Phi) is 7.53. The Morgan fingerprint density at radius 2 is 1.61 bits per heavy atom. The van der Waals surface area contributed by atoms with E-state index in [9.17, 15) is 9.90 Å². The summed E-state index contributed by atoms with van der Waals surface area (Å²) in [5.41, 5.74) is 2.74. The van der Waals surface area contributed by atoms with E-state index in [2.05, 4.69) is 0 Å². The van der Waals surface area contributed by atoms with Crippen LogP contribution in [0.3, 0.4) is 0 Å². The molecule has 0 radical (unpaired) electrons. The van der Waals surface area contributed by atoms with Gasteiger partial charge >= 0.3 is 0 Å². The van der Waals surface area contributed by atoms with E-state index in [0.717, 1.165) is 10.9 Å². The van der Waals surface area contributed by atoms with Crippen LogP contribution >= 0.6 is 0 Å². The van der Waals surface area contributed by atoms with Crippen molar-refractivity contribution < 1.29 is 38.3 Å². The highest BCUT2D eigenvalue weighted by atomic mass is 16.7. The Labute approximate surface area is 238 Å². The number of carbonyl (C=O) groups excluding carboxylic acids is 1. The molecular formula is C33H32O8. The molecule has 4 aromatic carbocycles. The fourth-order valence-corrected chi connectivity index (χ4v) is 5.97. The first-order valence-electron chi connectivity index (χ1n) is 13.6. The summed E-state index contributed by atoms with van der Waals surface area (Å²) in [6.45, 7) is 0.863. The first-order chi connectivity index (χ1) is 20.1. The Balaban J connectivity index is 1.56. The highest BCUT2D eigenvalue weighted by molar-refractivity contribution is 6.02. The molecule has 8 nitrogen and oxygen atoms in total. The van der Waals surface area contributed by atoms with Gasteiger partial charge in [-0.05, 0) is 23.8 Å². The Morgan fingerprint density at radius 3 is 2.34 bits per heavy atom. The normalized spacial score (nSPS) is 17.4. The maximum Gasteiger partial charge on any atom is 0.207 e. The topological polar surface area (TPSA) is 92.7 Å². The van der Waals surface area contributed by atoms with Gasteiger partial charge in [0.15, 0.2) is 5.78 Å². The number of Topliss-reactive ketones (excluding diaryl/α,β-unsaturated/α-hetero) is 1. The number of carbonyl (C=O) groups is 1. The monoisotopic (exact) mass is 556 g/mol. The van der Waals surface area contributed by atoms with Gasteiger partial charge in [0, 0.05) is 22.9 Å². The lowest BCUT2D eigenvalue weighted by Gasteiger charge is -2.41. The molecule has 6 rings (SSSR count). The summed E-state index contributed by atoms with van der Waals surface area (Å²) < 4.78 is 37.1. The molecule has 41 heavy (non-hydrogen) atoms. The van der Waals surface area contributed by atoms with Gasteiger partial charge in [-0.25, -0.2) is 0 Å². The highest BCUT2D eigenvalue weighted by Crippen LogP contribution is 2.57.